The molecule has 1 fully saturated rings. The smallest absolute Gasteiger partial charge is 0.394 e. The van der Waals surface area contributed by atoms with E-state index in [1.165, 1.54) is 4.57 Å². The maximum absolute atomic E-state index is 12.3. The fraction of sp³-hybridized carbons (Fsp3) is 0.692. The second-order valence-corrected chi connectivity index (χ2v) is 7.42. The lowest BCUT2D eigenvalue weighted by Crippen LogP contribution is -2.29. The molecule has 25 heavy (non-hydrogen) atoms. The Labute approximate surface area is 150 Å². The molecule has 0 aromatic carbocycles. The van der Waals surface area contributed by atoms with Crippen molar-refractivity contribution >= 4 is 26.3 Å². The van der Waals surface area contributed by atoms with Gasteiger partial charge in [0.15, 0.2) is 0 Å². The molecule has 1 unspecified atom stereocenters. The number of rotatable bonds is 8. The topological polar surface area (TPSA) is 132 Å². The molecule has 1 aliphatic rings. The maximum atomic E-state index is 12.3. The Morgan fingerprint density at radius 2 is 2.32 bits per heavy atom. The molecule has 142 valence electrons. The summed E-state index contributed by atoms with van der Waals surface area (Å²) in [6.07, 6.45) is -0.887. The van der Waals surface area contributed by atoms with Crippen molar-refractivity contribution in [2.45, 2.75) is 31.8 Å². The van der Waals surface area contributed by atoms with Crippen molar-refractivity contribution in [3.63, 3.8) is 0 Å². The normalized spacial score (nSPS) is 25.7. The minimum absolute atomic E-state index is 0.0869. The van der Waals surface area contributed by atoms with Crippen molar-refractivity contribution in [3.8, 4) is 0 Å². The number of ether oxygens (including phenoxy) is 1. The van der Waals surface area contributed by atoms with Gasteiger partial charge in [-0.2, -0.15) is 17.6 Å². The molecule has 0 spiro atoms. The van der Waals surface area contributed by atoms with Crippen LogP contribution in [-0.4, -0.2) is 57.8 Å². The van der Waals surface area contributed by atoms with Crippen molar-refractivity contribution < 1.29 is 28.3 Å². The average molecular weight is 395 g/mol. The second kappa shape index (κ2) is 8.63. The summed E-state index contributed by atoms with van der Waals surface area (Å²) in [5.74, 6) is 1.05. The Morgan fingerprint density at radius 1 is 1.60 bits per heavy atom. The molecule has 1 aromatic heterocycles. The third kappa shape index (κ3) is 5.04. The van der Waals surface area contributed by atoms with Gasteiger partial charge >= 0.3 is 13.5 Å². The number of hydrogen-bond acceptors (Lipinski definition) is 9. The molecule has 0 bridgehead atoms. The number of aryl methyl sites for hydroxylation is 1. The Balaban J connectivity index is 2.20. The first-order valence-corrected chi connectivity index (χ1v) is 9.72. The van der Waals surface area contributed by atoms with Crippen molar-refractivity contribution in [3.05, 3.63) is 22.2 Å². The number of phosphoric acid groups is 1. The lowest BCUT2D eigenvalue weighted by Gasteiger charge is -2.18. The number of phosphoric ester groups is 1. The monoisotopic (exact) mass is 395 g/mol. The zero-order valence-electron chi connectivity index (χ0n) is 13.9. The summed E-state index contributed by atoms with van der Waals surface area (Å²) < 4.78 is 27.8. The largest absolute Gasteiger partial charge is 0.472 e. The van der Waals surface area contributed by atoms with E-state index in [4.69, 9.17) is 9.26 Å². The van der Waals surface area contributed by atoms with E-state index in [9.17, 15) is 19.4 Å². The summed E-state index contributed by atoms with van der Waals surface area (Å²) >= 11 is 4.09. The Bertz CT molecular complexity index is 701. The van der Waals surface area contributed by atoms with Crippen molar-refractivity contribution in [1.29, 1.82) is 0 Å². The molecule has 1 saturated heterocycles. The molecular formula is C13H22N3O7PS. The molecule has 1 aliphatic heterocycles. The molecule has 3 N–H and O–H groups in total. The molecule has 4 atom stereocenters. The number of aliphatic hydroxyl groups is 1. The van der Waals surface area contributed by atoms with E-state index in [0.717, 1.165) is 12.7 Å². The standard InChI is InChI=1S/C13H22N3O7PS/c1-8-6-16(13(18)15-12(8)14-3-4-25)11-5-9(10(7-17)22-11)23-24(19,20)21-2/h6,9-11,17,25H,3-5,7H2,1-2H3,(H,19,20)(H,14,15,18)/t9-,10-,11-/m1/s1. The van der Waals surface area contributed by atoms with Gasteiger partial charge in [0, 0.05) is 37.6 Å². The van der Waals surface area contributed by atoms with Crippen molar-refractivity contribution in [2.75, 3.05) is 31.3 Å². The van der Waals surface area contributed by atoms with Crippen LogP contribution < -0.4 is 11.0 Å². The fourth-order valence-electron chi connectivity index (χ4n) is 2.49. The highest BCUT2D eigenvalue weighted by Gasteiger charge is 2.41. The molecule has 0 saturated carbocycles. The van der Waals surface area contributed by atoms with Crippen LogP contribution in [0.4, 0.5) is 5.82 Å². The first kappa shape index (κ1) is 20.4. The van der Waals surface area contributed by atoms with E-state index in [0.29, 0.717) is 18.1 Å². The third-order valence-electron chi connectivity index (χ3n) is 3.71. The molecule has 12 heteroatoms. The van der Waals surface area contributed by atoms with Gasteiger partial charge in [0.1, 0.15) is 24.3 Å². The van der Waals surface area contributed by atoms with Gasteiger partial charge in [-0.3, -0.25) is 13.6 Å². The SMILES string of the molecule is COP(=O)(O)O[C@@H]1C[C@H](n2cc(C)c(NCCS)nc2=O)O[C@@H]1CO. The van der Waals surface area contributed by atoms with Gasteiger partial charge in [-0.15, -0.1) is 0 Å². The minimum Gasteiger partial charge on any atom is -0.394 e. The average Bonchev–Trinajstić information content (AvgIpc) is 2.97. The van der Waals surface area contributed by atoms with Crippen LogP contribution in [-0.2, 0) is 18.3 Å². The first-order chi connectivity index (χ1) is 11.8. The second-order valence-electron chi connectivity index (χ2n) is 5.46. The van der Waals surface area contributed by atoms with Gasteiger partial charge in [0.2, 0.25) is 0 Å². The van der Waals surface area contributed by atoms with Crippen molar-refractivity contribution in [2.24, 2.45) is 0 Å². The number of nitrogens with one attached hydrogen (secondary N) is 1. The summed E-state index contributed by atoms with van der Waals surface area (Å²) in [6, 6.07) is 0. The number of aromatic nitrogens is 2. The Morgan fingerprint density at radius 3 is 2.92 bits per heavy atom. The summed E-state index contributed by atoms with van der Waals surface area (Å²) in [7, 11) is -3.21. The molecule has 2 rings (SSSR count). The summed E-state index contributed by atoms with van der Waals surface area (Å²) in [6.45, 7) is 1.91. The van der Waals surface area contributed by atoms with E-state index in [2.05, 4.69) is 27.5 Å². The van der Waals surface area contributed by atoms with Crippen LogP contribution in [0, 0.1) is 6.92 Å². The number of nitrogens with zero attached hydrogens (tertiary/aromatic N) is 2. The lowest BCUT2D eigenvalue weighted by molar-refractivity contribution is -0.0458. The Kier molecular flexibility index (Phi) is 7.03. The molecule has 0 aliphatic carbocycles. The van der Waals surface area contributed by atoms with Crippen LogP contribution in [0.1, 0.15) is 18.2 Å². The summed E-state index contributed by atoms with van der Waals surface area (Å²) in [5, 5.41) is 12.4. The van der Waals surface area contributed by atoms with Crippen LogP contribution in [0.15, 0.2) is 11.0 Å². The molecule has 1 aromatic rings. The van der Waals surface area contributed by atoms with Crippen LogP contribution >= 0.6 is 20.5 Å². The number of thiol groups is 1. The van der Waals surface area contributed by atoms with Crippen LogP contribution in [0.25, 0.3) is 0 Å². The van der Waals surface area contributed by atoms with Gasteiger partial charge in [0.25, 0.3) is 0 Å². The molecule has 0 radical (unpaired) electrons. The van der Waals surface area contributed by atoms with Crippen LogP contribution in [0.3, 0.4) is 0 Å². The fourth-order valence-corrected chi connectivity index (χ4v) is 3.25. The third-order valence-corrected chi connectivity index (χ3v) is 4.93. The van der Waals surface area contributed by atoms with Crippen LogP contribution in [0.5, 0.6) is 0 Å². The quantitative estimate of drug-likeness (QED) is 0.362. The first-order valence-electron chi connectivity index (χ1n) is 7.59. The van der Waals surface area contributed by atoms with Gasteiger partial charge in [-0.25, -0.2) is 9.36 Å². The van der Waals surface area contributed by atoms with Gasteiger partial charge in [0.05, 0.1) is 6.61 Å². The number of aliphatic hydroxyl groups excluding tert-OH is 1. The minimum atomic E-state index is -4.24. The van der Waals surface area contributed by atoms with Gasteiger partial charge < -0.3 is 20.1 Å². The highest BCUT2D eigenvalue weighted by Crippen LogP contribution is 2.47. The summed E-state index contributed by atoms with van der Waals surface area (Å²) in [5.41, 5.74) is 0.174. The predicted molar refractivity (Wildman–Crippen MR) is 92.9 cm³/mol. The van der Waals surface area contributed by atoms with E-state index in [-0.39, 0.29) is 6.42 Å². The Hall–Kier alpha value is -0.940. The van der Waals surface area contributed by atoms with Gasteiger partial charge in [-0.1, -0.05) is 0 Å². The van der Waals surface area contributed by atoms with E-state index in [1.54, 1.807) is 13.1 Å². The molecule has 10 nitrogen and oxygen atoms in total. The van der Waals surface area contributed by atoms with Crippen LogP contribution in [0.2, 0.25) is 0 Å². The van der Waals surface area contributed by atoms with Gasteiger partial charge in [-0.05, 0) is 6.92 Å². The van der Waals surface area contributed by atoms with E-state index in [1.807, 2.05) is 0 Å². The zero-order chi connectivity index (χ0) is 18.6. The molecule has 0 amide bonds. The van der Waals surface area contributed by atoms with Crippen molar-refractivity contribution in [1.82, 2.24) is 9.55 Å². The number of anilines is 1. The zero-order valence-corrected chi connectivity index (χ0v) is 15.7. The lowest BCUT2D eigenvalue weighted by atomic mass is 10.2. The highest BCUT2D eigenvalue weighted by atomic mass is 32.1. The van der Waals surface area contributed by atoms with E-state index < -0.39 is 38.6 Å². The molecular weight excluding hydrogens is 373 g/mol. The molecule has 2 heterocycles. The van der Waals surface area contributed by atoms with E-state index >= 15 is 0 Å². The summed E-state index contributed by atoms with van der Waals surface area (Å²) in [4.78, 5) is 25.7. The predicted octanol–water partition coefficient (Wildman–Crippen LogP) is 0.305. The number of hydrogen-bond donors (Lipinski definition) is 4. The maximum Gasteiger partial charge on any atom is 0.472 e. The highest BCUT2D eigenvalue weighted by molar-refractivity contribution is 7.80.